The first-order valence-electron chi connectivity index (χ1n) is 7.64. The van der Waals surface area contributed by atoms with Crippen molar-refractivity contribution in [2.24, 2.45) is 0 Å². The molecule has 6 nitrogen and oxygen atoms in total. The molecule has 2 aromatic heterocycles. The van der Waals surface area contributed by atoms with E-state index in [0.717, 1.165) is 19.4 Å². The van der Waals surface area contributed by atoms with Gasteiger partial charge in [-0.25, -0.2) is 4.98 Å². The minimum atomic E-state index is -0.194. The third-order valence-corrected chi connectivity index (χ3v) is 4.22. The Hall–Kier alpha value is -2.37. The summed E-state index contributed by atoms with van der Waals surface area (Å²) in [6, 6.07) is 3.11. The van der Waals surface area contributed by atoms with E-state index in [2.05, 4.69) is 23.2 Å². The molecule has 3 heterocycles. The molecule has 3 rings (SSSR count). The number of pyridine rings is 1. The first kappa shape index (κ1) is 14.6. The molecule has 0 radical (unpaired) electrons. The Morgan fingerprint density at radius 1 is 1.41 bits per heavy atom. The highest BCUT2D eigenvalue weighted by Gasteiger charge is 2.27. The van der Waals surface area contributed by atoms with Gasteiger partial charge < -0.3 is 10.0 Å². The van der Waals surface area contributed by atoms with Gasteiger partial charge in [-0.2, -0.15) is 5.10 Å². The van der Waals surface area contributed by atoms with Gasteiger partial charge in [-0.15, -0.1) is 0 Å². The van der Waals surface area contributed by atoms with Crippen LogP contribution in [0.3, 0.4) is 0 Å². The predicted molar refractivity (Wildman–Crippen MR) is 81.7 cm³/mol. The van der Waals surface area contributed by atoms with Gasteiger partial charge in [0.2, 0.25) is 0 Å². The Labute approximate surface area is 129 Å². The number of aromatic hydroxyl groups is 1. The topological polar surface area (TPSA) is 71.2 Å². The van der Waals surface area contributed by atoms with Crippen LogP contribution >= 0.6 is 0 Å². The average molecular weight is 300 g/mol. The van der Waals surface area contributed by atoms with E-state index in [0.29, 0.717) is 19.0 Å². The summed E-state index contributed by atoms with van der Waals surface area (Å²) in [6.45, 7) is 4.29. The van der Waals surface area contributed by atoms with Crippen LogP contribution in [0.25, 0.3) is 0 Å². The molecule has 0 unspecified atom stereocenters. The average Bonchev–Trinajstić information content (AvgIpc) is 3.04. The molecule has 0 aromatic carbocycles. The summed E-state index contributed by atoms with van der Waals surface area (Å²) in [4.78, 5) is 18.2. The van der Waals surface area contributed by atoms with E-state index < -0.39 is 0 Å². The van der Waals surface area contributed by atoms with Crippen molar-refractivity contribution < 1.29 is 9.90 Å². The summed E-state index contributed by atoms with van der Waals surface area (Å²) in [5.41, 5.74) is 1.38. The van der Waals surface area contributed by atoms with E-state index >= 15 is 0 Å². The fourth-order valence-corrected chi connectivity index (χ4v) is 2.89. The third kappa shape index (κ3) is 2.81. The lowest BCUT2D eigenvalue weighted by Crippen LogP contribution is -2.38. The molecule has 0 aliphatic carbocycles. The van der Waals surface area contributed by atoms with Gasteiger partial charge in [0.25, 0.3) is 5.91 Å². The lowest BCUT2D eigenvalue weighted by Gasteiger charge is -2.31. The van der Waals surface area contributed by atoms with Crippen molar-refractivity contribution in [3.63, 3.8) is 0 Å². The summed E-state index contributed by atoms with van der Waals surface area (Å²) >= 11 is 0. The van der Waals surface area contributed by atoms with Crippen molar-refractivity contribution in [2.75, 3.05) is 13.1 Å². The number of piperidine rings is 1. The predicted octanol–water partition coefficient (Wildman–Crippen LogP) is 2.02. The number of rotatable bonds is 3. The third-order valence-electron chi connectivity index (χ3n) is 4.22. The van der Waals surface area contributed by atoms with Crippen LogP contribution in [-0.4, -0.2) is 43.8 Å². The number of carbonyl (C=O) groups is 1. The van der Waals surface area contributed by atoms with Gasteiger partial charge in [0, 0.05) is 32.0 Å². The van der Waals surface area contributed by atoms with E-state index in [4.69, 9.17) is 0 Å². The molecule has 1 N–H and O–H groups in total. The molecule has 2 aromatic rings. The lowest BCUT2D eigenvalue weighted by atomic mass is 9.91. The number of likely N-dealkylation sites (tertiary alicyclic amines) is 1. The van der Waals surface area contributed by atoms with Crippen molar-refractivity contribution in [1.29, 1.82) is 0 Å². The van der Waals surface area contributed by atoms with Crippen molar-refractivity contribution in [1.82, 2.24) is 19.7 Å². The van der Waals surface area contributed by atoms with Crippen LogP contribution in [0, 0.1) is 0 Å². The highest BCUT2D eigenvalue weighted by Crippen LogP contribution is 2.28. The number of carbonyl (C=O) groups excluding carboxylic acids is 1. The van der Waals surface area contributed by atoms with E-state index in [1.807, 2.05) is 10.9 Å². The first-order chi connectivity index (χ1) is 10.7. The van der Waals surface area contributed by atoms with Gasteiger partial charge in [-0.3, -0.25) is 9.48 Å². The van der Waals surface area contributed by atoms with Crippen molar-refractivity contribution >= 4 is 5.91 Å². The first-order valence-corrected chi connectivity index (χ1v) is 7.64. The Morgan fingerprint density at radius 3 is 2.82 bits per heavy atom. The molecular formula is C16H20N4O2. The van der Waals surface area contributed by atoms with Crippen LogP contribution in [0.15, 0.2) is 30.7 Å². The maximum absolute atomic E-state index is 12.4. The molecule has 1 aliphatic heterocycles. The Balaban J connectivity index is 1.64. The maximum Gasteiger partial charge on any atom is 0.276 e. The smallest absolute Gasteiger partial charge is 0.276 e. The van der Waals surface area contributed by atoms with Crippen LogP contribution in [0.2, 0.25) is 0 Å². The van der Waals surface area contributed by atoms with Gasteiger partial charge in [0.1, 0.15) is 5.75 Å². The molecule has 0 bridgehead atoms. The monoisotopic (exact) mass is 300 g/mol. The van der Waals surface area contributed by atoms with E-state index in [1.165, 1.54) is 17.8 Å². The number of aryl methyl sites for hydroxylation is 1. The Kier molecular flexibility index (Phi) is 4.09. The largest absolute Gasteiger partial charge is 0.505 e. The molecule has 0 saturated carbocycles. The minimum Gasteiger partial charge on any atom is -0.505 e. The number of nitrogens with zero attached hydrogens (tertiary/aromatic N) is 4. The zero-order valence-electron chi connectivity index (χ0n) is 12.6. The highest BCUT2D eigenvalue weighted by atomic mass is 16.3. The van der Waals surface area contributed by atoms with Gasteiger partial charge in [0.15, 0.2) is 5.69 Å². The number of hydrogen-bond donors (Lipinski definition) is 1. The van der Waals surface area contributed by atoms with Crippen molar-refractivity contribution in [2.45, 2.75) is 32.2 Å². The van der Waals surface area contributed by atoms with E-state index in [9.17, 15) is 9.90 Å². The fourth-order valence-electron chi connectivity index (χ4n) is 2.89. The van der Waals surface area contributed by atoms with Gasteiger partial charge in [0.05, 0.1) is 6.20 Å². The van der Waals surface area contributed by atoms with Crippen LogP contribution in [0.1, 0.15) is 41.7 Å². The summed E-state index contributed by atoms with van der Waals surface area (Å²) in [6.07, 6.45) is 7.37. The number of amides is 1. The lowest BCUT2D eigenvalue weighted by molar-refractivity contribution is 0.0703. The van der Waals surface area contributed by atoms with Gasteiger partial charge in [-0.05, 0) is 43.4 Å². The molecule has 116 valence electrons. The molecule has 0 spiro atoms. The SMILES string of the molecule is CCn1cc(C2CCN(C(=O)c3ncccc3O)CC2)cn1. The summed E-state index contributed by atoms with van der Waals surface area (Å²) in [5.74, 6) is 0.196. The highest BCUT2D eigenvalue weighted by molar-refractivity contribution is 5.94. The van der Waals surface area contributed by atoms with Crippen LogP contribution < -0.4 is 0 Å². The second-order valence-electron chi connectivity index (χ2n) is 5.57. The van der Waals surface area contributed by atoms with Crippen LogP contribution in [0.5, 0.6) is 5.75 Å². The summed E-state index contributed by atoms with van der Waals surface area (Å²) < 4.78 is 1.93. The summed E-state index contributed by atoms with van der Waals surface area (Å²) in [5, 5.41) is 14.1. The quantitative estimate of drug-likeness (QED) is 0.941. The standard InChI is InChI=1S/C16H20N4O2/c1-2-20-11-13(10-18-20)12-5-8-19(9-6-12)16(22)15-14(21)4-3-7-17-15/h3-4,7,10-12,21H,2,5-6,8-9H2,1H3. The molecule has 1 fully saturated rings. The number of aromatic nitrogens is 3. The fraction of sp³-hybridized carbons (Fsp3) is 0.438. The molecule has 1 saturated heterocycles. The molecule has 1 aliphatic rings. The molecule has 0 atom stereocenters. The number of hydrogen-bond acceptors (Lipinski definition) is 4. The minimum absolute atomic E-state index is 0.0566. The normalized spacial score (nSPS) is 16.0. The second kappa shape index (κ2) is 6.17. The Bertz CT molecular complexity index is 660. The van der Waals surface area contributed by atoms with Gasteiger partial charge in [-0.1, -0.05) is 0 Å². The zero-order valence-corrected chi connectivity index (χ0v) is 12.6. The van der Waals surface area contributed by atoms with E-state index in [-0.39, 0.29) is 17.4 Å². The van der Waals surface area contributed by atoms with E-state index in [1.54, 1.807) is 11.0 Å². The zero-order chi connectivity index (χ0) is 15.5. The molecular weight excluding hydrogens is 280 g/mol. The molecule has 6 heteroatoms. The van der Waals surface area contributed by atoms with Crippen molar-refractivity contribution in [3.05, 3.63) is 42.0 Å². The molecule has 1 amide bonds. The second-order valence-corrected chi connectivity index (χ2v) is 5.57. The van der Waals surface area contributed by atoms with Crippen molar-refractivity contribution in [3.8, 4) is 5.75 Å². The summed E-state index contributed by atoms with van der Waals surface area (Å²) in [7, 11) is 0. The van der Waals surface area contributed by atoms with Crippen LogP contribution in [0.4, 0.5) is 0 Å². The molecule has 22 heavy (non-hydrogen) atoms. The van der Waals surface area contributed by atoms with Crippen LogP contribution in [-0.2, 0) is 6.54 Å². The maximum atomic E-state index is 12.4. The Morgan fingerprint density at radius 2 is 2.18 bits per heavy atom. The van der Waals surface area contributed by atoms with Gasteiger partial charge >= 0.3 is 0 Å².